The van der Waals surface area contributed by atoms with Gasteiger partial charge in [-0.25, -0.2) is 0 Å². The number of pyridine rings is 2. The fraction of sp³-hybridized carbons (Fsp3) is 0.0833. The number of aromatic nitrogens is 2. The molecule has 2 rings (SSSR count). The molecule has 0 aromatic carbocycles. The number of nitrogens with zero attached hydrogens (tertiary/aromatic N) is 3. The lowest BCUT2D eigenvalue weighted by atomic mass is 10.2. The molecule has 4 heteroatoms. The molecule has 2 aromatic heterocycles. The summed E-state index contributed by atoms with van der Waals surface area (Å²) in [5.74, 6) is 0. The molecular formula is C12H10N4. The number of hydrogen-bond acceptors (Lipinski definition) is 4. The Morgan fingerprint density at radius 2 is 1.75 bits per heavy atom. The van der Waals surface area contributed by atoms with E-state index in [0.717, 1.165) is 17.0 Å². The van der Waals surface area contributed by atoms with Crippen LogP contribution in [0.4, 0.5) is 0 Å². The van der Waals surface area contributed by atoms with E-state index in [-0.39, 0.29) is 0 Å². The van der Waals surface area contributed by atoms with Crippen LogP contribution in [0.25, 0.3) is 11.4 Å². The first-order chi connectivity index (χ1) is 7.83. The van der Waals surface area contributed by atoms with Gasteiger partial charge in [-0.2, -0.15) is 5.26 Å². The highest BCUT2D eigenvalue weighted by molar-refractivity contribution is 5.54. The Bertz CT molecular complexity index is 508. The Morgan fingerprint density at radius 3 is 2.19 bits per heavy atom. The normalized spacial score (nSPS) is 9.75. The van der Waals surface area contributed by atoms with E-state index >= 15 is 0 Å². The van der Waals surface area contributed by atoms with Crippen LogP contribution in [0.2, 0.25) is 0 Å². The van der Waals surface area contributed by atoms with Gasteiger partial charge < -0.3 is 5.73 Å². The van der Waals surface area contributed by atoms with Crippen molar-refractivity contribution in [3.8, 4) is 17.5 Å². The van der Waals surface area contributed by atoms with E-state index in [2.05, 4.69) is 9.97 Å². The van der Waals surface area contributed by atoms with Crippen molar-refractivity contribution in [3.05, 3.63) is 47.8 Å². The highest BCUT2D eigenvalue weighted by atomic mass is 14.8. The van der Waals surface area contributed by atoms with Crippen LogP contribution in [0, 0.1) is 11.3 Å². The van der Waals surface area contributed by atoms with Crippen molar-refractivity contribution < 1.29 is 0 Å². The van der Waals surface area contributed by atoms with Crippen LogP contribution in [0.15, 0.2) is 36.7 Å². The SMILES string of the molecule is N#Cc1ccc(-c2ccc(CN)cn2)nc1. The number of hydrogen-bond donors (Lipinski definition) is 1. The Hall–Kier alpha value is -2.25. The molecule has 0 amide bonds. The molecule has 4 nitrogen and oxygen atoms in total. The molecule has 0 aliphatic carbocycles. The minimum absolute atomic E-state index is 0.480. The van der Waals surface area contributed by atoms with Gasteiger partial charge in [0, 0.05) is 18.9 Å². The van der Waals surface area contributed by atoms with Crippen molar-refractivity contribution in [1.29, 1.82) is 5.26 Å². The van der Waals surface area contributed by atoms with Crippen molar-refractivity contribution in [2.24, 2.45) is 5.73 Å². The van der Waals surface area contributed by atoms with Crippen molar-refractivity contribution in [3.63, 3.8) is 0 Å². The van der Waals surface area contributed by atoms with Crippen LogP contribution < -0.4 is 5.73 Å². The van der Waals surface area contributed by atoms with E-state index in [4.69, 9.17) is 11.0 Å². The van der Waals surface area contributed by atoms with Gasteiger partial charge in [0.25, 0.3) is 0 Å². The van der Waals surface area contributed by atoms with Gasteiger partial charge in [0.15, 0.2) is 0 Å². The minimum Gasteiger partial charge on any atom is -0.326 e. The third-order valence-corrected chi connectivity index (χ3v) is 2.22. The third kappa shape index (κ3) is 2.05. The number of nitriles is 1. The summed E-state index contributed by atoms with van der Waals surface area (Å²) in [6.45, 7) is 0.480. The van der Waals surface area contributed by atoms with E-state index in [9.17, 15) is 0 Å². The zero-order valence-corrected chi connectivity index (χ0v) is 8.59. The summed E-state index contributed by atoms with van der Waals surface area (Å²) in [5, 5.41) is 8.65. The highest BCUT2D eigenvalue weighted by Crippen LogP contribution is 2.14. The monoisotopic (exact) mass is 210 g/mol. The van der Waals surface area contributed by atoms with Crippen molar-refractivity contribution in [2.45, 2.75) is 6.54 Å². The van der Waals surface area contributed by atoms with E-state index in [1.54, 1.807) is 18.3 Å². The molecule has 2 N–H and O–H groups in total. The molecule has 0 spiro atoms. The van der Waals surface area contributed by atoms with Gasteiger partial charge in [0.2, 0.25) is 0 Å². The smallest absolute Gasteiger partial charge is 0.101 e. The van der Waals surface area contributed by atoms with Crippen LogP contribution >= 0.6 is 0 Å². The highest BCUT2D eigenvalue weighted by Gasteiger charge is 2.00. The average Bonchev–Trinajstić information content (AvgIpc) is 2.39. The lowest BCUT2D eigenvalue weighted by Gasteiger charge is -2.01. The molecule has 2 heterocycles. The molecule has 2 aromatic rings. The first-order valence-electron chi connectivity index (χ1n) is 4.85. The Kier molecular flexibility index (Phi) is 2.90. The van der Waals surface area contributed by atoms with Gasteiger partial charge in [0.05, 0.1) is 17.0 Å². The van der Waals surface area contributed by atoms with Crippen LogP contribution in [-0.2, 0) is 6.54 Å². The molecular weight excluding hydrogens is 200 g/mol. The lowest BCUT2D eigenvalue weighted by Crippen LogP contribution is -1.97. The molecule has 0 unspecified atom stereocenters. The fourth-order valence-electron chi connectivity index (χ4n) is 1.31. The zero-order chi connectivity index (χ0) is 11.4. The molecule has 0 bridgehead atoms. The molecule has 16 heavy (non-hydrogen) atoms. The van der Waals surface area contributed by atoms with E-state index in [1.165, 1.54) is 6.20 Å². The maximum atomic E-state index is 8.65. The lowest BCUT2D eigenvalue weighted by molar-refractivity contribution is 1.05. The van der Waals surface area contributed by atoms with Crippen LogP contribution in [0.5, 0.6) is 0 Å². The van der Waals surface area contributed by atoms with E-state index in [0.29, 0.717) is 12.1 Å². The summed E-state index contributed by atoms with van der Waals surface area (Å²) in [7, 11) is 0. The van der Waals surface area contributed by atoms with Crippen molar-refractivity contribution >= 4 is 0 Å². The summed E-state index contributed by atoms with van der Waals surface area (Å²) < 4.78 is 0. The van der Waals surface area contributed by atoms with Gasteiger partial charge in [0.1, 0.15) is 6.07 Å². The first kappa shape index (κ1) is 10.3. The van der Waals surface area contributed by atoms with E-state index in [1.807, 2.05) is 18.2 Å². The second-order valence-electron chi connectivity index (χ2n) is 3.30. The second-order valence-corrected chi connectivity index (χ2v) is 3.30. The average molecular weight is 210 g/mol. The molecule has 0 aliphatic rings. The van der Waals surface area contributed by atoms with Crippen molar-refractivity contribution in [2.75, 3.05) is 0 Å². The summed E-state index contributed by atoms with van der Waals surface area (Å²) in [6.07, 6.45) is 3.27. The molecule has 0 aliphatic heterocycles. The van der Waals surface area contributed by atoms with Crippen molar-refractivity contribution in [1.82, 2.24) is 9.97 Å². The molecule has 0 saturated heterocycles. The number of nitrogens with two attached hydrogens (primary N) is 1. The van der Waals surface area contributed by atoms with Gasteiger partial charge in [-0.15, -0.1) is 0 Å². The Balaban J connectivity index is 2.32. The maximum absolute atomic E-state index is 8.65. The van der Waals surface area contributed by atoms with Crippen LogP contribution in [0.3, 0.4) is 0 Å². The summed E-state index contributed by atoms with van der Waals surface area (Å²) in [5.41, 5.74) is 8.54. The third-order valence-electron chi connectivity index (χ3n) is 2.22. The predicted octanol–water partition coefficient (Wildman–Crippen LogP) is 1.47. The first-order valence-corrected chi connectivity index (χ1v) is 4.85. The summed E-state index contributed by atoms with van der Waals surface area (Å²) >= 11 is 0. The Labute approximate surface area is 93.4 Å². The topological polar surface area (TPSA) is 75.6 Å². The maximum Gasteiger partial charge on any atom is 0.101 e. The largest absolute Gasteiger partial charge is 0.326 e. The summed E-state index contributed by atoms with van der Waals surface area (Å²) in [4.78, 5) is 8.41. The number of rotatable bonds is 2. The molecule has 78 valence electrons. The van der Waals surface area contributed by atoms with Gasteiger partial charge >= 0.3 is 0 Å². The molecule has 0 atom stereocenters. The zero-order valence-electron chi connectivity index (χ0n) is 8.59. The van der Waals surface area contributed by atoms with Crippen LogP contribution in [0.1, 0.15) is 11.1 Å². The van der Waals surface area contributed by atoms with Gasteiger partial charge in [-0.05, 0) is 23.8 Å². The van der Waals surface area contributed by atoms with Gasteiger partial charge in [-0.1, -0.05) is 6.07 Å². The Morgan fingerprint density at radius 1 is 1.06 bits per heavy atom. The van der Waals surface area contributed by atoms with Crippen LogP contribution in [-0.4, -0.2) is 9.97 Å². The summed E-state index contributed by atoms with van der Waals surface area (Å²) in [6, 6.07) is 9.32. The predicted molar refractivity (Wildman–Crippen MR) is 60.1 cm³/mol. The fourth-order valence-corrected chi connectivity index (χ4v) is 1.31. The standard InChI is InChI=1S/C12H10N4/c13-5-9-1-3-11(15-7-9)12-4-2-10(6-14)8-16-12/h1-4,7-8H,5,13H2. The quantitative estimate of drug-likeness (QED) is 0.814. The molecule has 0 radical (unpaired) electrons. The molecule has 0 saturated carbocycles. The minimum atomic E-state index is 0.480. The van der Waals surface area contributed by atoms with Gasteiger partial charge in [-0.3, -0.25) is 9.97 Å². The second kappa shape index (κ2) is 4.51. The molecule has 0 fully saturated rings. The van der Waals surface area contributed by atoms with E-state index < -0.39 is 0 Å².